The standard InChI is InChI=1S/C7H7FS.3C6H11.Sn/c8-7-4-2-1-3-6(7)5-9;3*1-2-4-6-5-3-1;/h1-4,9H,5H2;3*1H,2-6H2;/q;;;;+1/p-1. The Morgan fingerprint density at radius 3 is 1.54 bits per heavy atom. The molecule has 0 amide bonds. The third-order valence-electron chi connectivity index (χ3n) is 8.17. The summed E-state index contributed by atoms with van der Waals surface area (Å²) < 4.78 is 17.7. The van der Waals surface area contributed by atoms with Crippen LogP contribution in [0.3, 0.4) is 0 Å². The number of rotatable bonds is 6. The van der Waals surface area contributed by atoms with Crippen LogP contribution in [-0.2, 0) is 5.75 Å². The van der Waals surface area contributed by atoms with Crippen molar-refractivity contribution in [2.45, 2.75) is 114 Å². The van der Waals surface area contributed by atoms with Gasteiger partial charge in [-0.2, -0.15) is 0 Å². The first-order valence-corrected chi connectivity index (χ1v) is 21.6. The Hall–Kier alpha value is 0.299. The Balaban J connectivity index is 1.66. The van der Waals surface area contributed by atoms with Crippen LogP contribution in [0.25, 0.3) is 0 Å². The van der Waals surface area contributed by atoms with E-state index in [2.05, 4.69) is 15.0 Å². The molecule has 0 heterocycles. The summed E-state index contributed by atoms with van der Waals surface area (Å²) in [5.41, 5.74) is 0.982. The van der Waals surface area contributed by atoms with Crippen molar-refractivity contribution in [2.24, 2.45) is 0 Å². The average Bonchev–Trinajstić information content (AvgIpc) is 2.78. The molecule has 0 saturated heterocycles. The minimum atomic E-state index is -2.55. The van der Waals surface area contributed by atoms with Gasteiger partial charge in [0.2, 0.25) is 0 Å². The molecule has 3 aliphatic carbocycles. The Labute approximate surface area is 179 Å². The summed E-state index contributed by atoms with van der Waals surface area (Å²) in [6.07, 6.45) is 22.4. The maximum atomic E-state index is 14.5. The van der Waals surface area contributed by atoms with E-state index in [4.69, 9.17) is 0 Å². The van der Waals surface area contributed by atoms with Gasteiger partial charge in [-0.15, -0.1) is 0 Å². The van der Waals surface area contributed by atoms with Crippen molar-refractivity contribution in [1.82, 2.24) is 0 Å². The van der Waals surface area contributed by atoms with Gasteiger partial charge in [-0.1, -0.05) is 0 Å². The van der Waals surface area contributed by atoms with Crippen LogP contribution >= 0.6 is 8.95 Å². The van der Waals surface area contributed by atoms with Crippen LogP contribution < -0.4 is 0 Å². The van der Waals surface area contributed by atoms with Crippen LogP contribution in [-0.4, -0.2) is 17.0 Å². The molecular formula is C25H39FSSn. The van der Waals surface area contributed by atoms with Gasteiger partial charge in [0.25, 0.3) is 0 Å². The molecule has 3 saturated carbocycles. The molecule has 0 unspecified atom stereocenters. The molecule has 0 N–H and O–H groups in total. The van der Waals surface area contributed by atoms with Crippen LogP contribution in [0.15, 0.2) is 24.3 Å². The van der Waals surface area contributed by atoms with Crippen molar-refractivity contribution in [2.75, 3.05) is 0 Å². The van der Waals surface area contributed by atoms with Crippen molar-refractivity contribution in [3.05, 3.63) is 35.6 Å². The number of hydrogen-bond acceptors (Lipinski definition) is 1. The van der Waals surface area contributed by atoms with Crippen LogP contribution in [0.2, 0.25) is 11.8 Å². The molecule has 1 aromatic carbocycles. The fourth-order valence-electron chi connectivity index (χ4n) is 6.83. The molecule has 28 heavy (non-hydrogen) atoms. The molecule has 0 nitrogen and oxygen atoms in total. The minimum absolute atomic E-state index is 0.0334. The molecule has 3 fully saturated rings. The second kappa shape index (κ2) is 10.6. The zero-order chi connectivity index (χ0) is 19.2. The Bertz CT molecular complexity index is 555. The zero-order valence-corrected chi connectivity index (χ0v) is 21.3. The van der Waals surface area contributed by atoms with Gasteiger partial charge in [-0.25, -0.2) is 0 Å². The molecule has 0 spiro atoms. The first-order valence-electron chi connectivity index (χ1n) is 12.2. The summed E-state index contributed by atoms with van der Waals surface area (Å²) in [5.74, 6) is 0.998. The monoisotopic (exact) mass is 510 g/mol. The van der Waals surface area contributed by atoms with Crippen LogP contribution in [0.4, 0.5) is 4.39 Å². The molecular weight excluding hydrogens is 470 g/mol. The molecule has 156 valence electrons. The predicted molar refractivity (Wildman–Crippen MR) is 124 cm³/mol. The number of hydrogen-bond donors (Lipinski definition) is 0. The van der Waals surface area contributed by atoms with E-state index in [0.717, 1.165) is 23.1 Å². The molecule has 4 rings (SSSR count). The quantitative estimate of drug-likeness (QED) is 0.345. The van der Waals surface area contributed by atoms with E-state index in [0.29, 0.717) is 0 Å². The van der Waals surface area contributed by atoms with Crippen molar-refractivity contribution in [1.29, 1.82) is 0 Å². The third kappa shape index (κ3) is 4.79. The van der Waals surface area contributed by atoms with E-state index in [9.17, 15) is 4.39 Å². The summed E-state index contributed by atoms with van der Waals surface area (Å²) in [7, 11) is 2.43. The van der Waals surface area contributed by atoms with E-state index >= 15 is 0 Å². The van der Waals surface area contributed by atoms with Crippen LogP contribution in [0.1, 0.15) is 102 Å². The number of benzene rings is 1. The average molecular weight is 509 g/mol. The molecule has 3 heteroatoms. The molecule has 1 aromatic rings. The predicted octanol–water partition coefficient (Wildman–Crippen LogP) is 9.01. The summed E-state index contributed by atoms with van der Waals surface area (Å²) in [6, 6.07) is 7.62. The Morgan fingerprint density at radius 2 is 1.11 bits per heavy atom. The summed E-state index contributed by atoms with van der Waals surface area (Å²) in [6.45, 7) is 0. The second-order valence-electron chi connectivity index (χ2n) is 9.74. The molecule has 0 aromatic heterocycles. The van der Waals surface area contributed by atoms with Gasteiger partial charge < -0.3 is 0 Å². The molecule has 0 atom stereocenters. The Morgan fingerprint density at radius 1 is 0.679 bits per heavy atom. The van der Waals surface area contributed by atoms with E-state index in [1.807, 2.05) is 12.1 Å². The fraction of sp³-hybridized carbons (Fsp3) is 0.760. The summed E-state index contributed by atoms with van der Waals surface area (Å²) in [4.78, 5) is 0. The van der Waals surface area contributed by atoms with Gasteiger partial charge in [0.15, 0.2) is 0 Å². The van der Waals surface area contributed by atoms with Crippen molar-refractivity contribution >= 4 is 25.9 Å². The maximum absolute atomic E-state index is 14.5. The SMILES string of the molecule is Fc1ccccc1C[S][Sn]([CH]1CCCCC1)([CH]1CCCCC1)[CH]1CCCCC1. The normalized spacial score (nSPS) is 23.8. The summed E-state index contributed by atoms with van der Waals surface area (Å²) >= 11 is -2.55. The van der Waals surface area contributed by atoms with Gasteiger partial charge in [-0.05, 0) is 0 Å². The van der Waals surface area contributed by atoms with Gasteiger partial charge in [0.05, 0.1) is 0 Å². The Kier molecular flexibility index (Phi) is 8.11. The number of halogens is 1. The van der Waals surface area contributed by atoms with E-state index in [1.54, 1.807) is 6.07 Å². The van der Waals surface area contributed by atoms with Crippen LogP contribution in [0.5, 0.6) is 0 Å². The fourth-order valence-corrected chi connectivity index (χ4v) is 39.4. The van der Waals surface area contributed by atoms with E-state index < -0.39 is 17.0 Å². The first-order chi connectivity index (χ1) is 13.8. The molecule has 3 aliphatic rings. The van der Waals surface area contributed by atoms with Crippen molar-refractivity contribution in [3.8, 4) is 0 Å². The van der Waals surface area contributed by atoms with E-state index in [-0.39, 0.29) is 5.82 Å². The van der Waals surface area contributed by atoms with E-state index in [1.165, 1.54) is 96.3 Å². The molecule has 0 radical (unpaired) electrons. The second-order valence-corrected chi connectivity index (χ2v) is 29.4. The van der Waals surface area contributed by atoms with Gasteiger partial charge in [0.1, 0.15) is 0 Å². The molecule has 0 aliphatic heterocycles. The first kappa shape index (κ1) is 21.5. The van der Waals surface area contributed by atoms with Gasteiger partial charge in [-0.3, -0.25) is 0 Å². The zero-order valence-electron chi connectivity index (χ0n) is 17.6. The summed E-state index contributed by atoms with van der Waals surface area (Å²) in [5, 5.41) is 0. The van der Waals surface area contributed by atoms with Crippen LogP contribution in [0, 0.1) is 5.82 Å². The third-order valence-corrected chi connectivity index (χ3v) is 37.2. The molecule has 0 bridgehead atoms. The van der Waals surface area contributed by atoms with Gasteiger partial charge in [0, 0.05) is 0 Å². The van der Waals surface area contributed by atoms with Crippen molar-refractivity contribution in [3.63, 3.8) is 0 Å². The van der Waals surface area contributed by atoms with Crippen molar-refractivity contribution < 1.29 is 4.39 Å². The topological polar surface area (TPSA) is 0 Å². The van der Waals surface area contributed by atoms with Gasteiger partial charge >= 0.3 is 180 Å².